The monoisotopic (exact) mass is 446 g/mol. The molecule has 8 nitrogen and oxygen atoms in total. The summed E-state index contributed by atoms with van der Waals surface area (Å²) in [5, 5.41) is 17.1. The van der Waals surface area contributed by atoms with Crippen LogP contribution in [-0.4, -0.2) is 36.1 Å². The lowest BCUT2D eigenvalue weighted by atomic mass is 9.77. The Balaban J connectivity index is 1.55. The van der Waals surface area contributed by atoms with Crippen LogP contribution in [0.1, 0.15) is 36.1 Å². The molecule has 10 heteroatoms. The van der Waals surface area contributed by atoms with Crippen molar-refractivity contribution in [2.24, 2.45) is 5.14 Å². The van der Waals surface area contributed by atoms with Crippen LogP contribution in [0.15, 0.2) is 35.4 Å². The van der Waals surface area contributed by atoms with E-state index in [1.165, 1.54) is 11.6 Å². The maximum absolute atomic E-state index is 11.7. The average Bonchev–Trinajstić information content (AvgIpc) is 3.27. The molecule has 4 N–H and O–H groups in total. The van der Waals surface area contributed by atoms with E-state index in [1.54, 1.807) is 22.8 Å². The van der Waals surface area contributed by atoms with Crippen molar-refractivity contribution in [1.82, 2.24) is 19.9 Å². The number of halogens is 1. The first-order chi connectivity index (χ1) is 14.4. The molecule has 1 saturated heterocycles. The largest absolute Gasteiger partial charge is 0.366 e. The van der Waals surface area contributed by atoms with Crippen LogP contribution in [0.4, 0.5) is 5.82 Å². The second kappa shape index (κ2) is 7.19. The number of hydrogen-bond acceptors (Lipinski definition) is 6. The van der Waals surface area contributed by atoms with Crippen LogP contribution in [0, 0.1) is 0 Å². The van der Waals surface area contributed by atoms with E-state index in [-0.39, 0.29) is 10.3 Å². The van der Waals surface area contributed by atoms with Crippen molar-refractivity contribution in [1.29, 1.82) is 0 Å². The van der Waals surface area contributed by atoms with Gasteiger partial charge in [-0.15, -0.1) is 0 Å². The van der Waals surface area contributed by atoms with Crippen molar-refractivity contribution >= 4 is 33.1 Å². The molecule has 1 aromatic carbocycles. The minimum Gasteiger partial charge on any atom is -0.366 e. The number of anilines is 1. The summed E-state index contributed by atoms with van der Waals surface area (Å²) in [6.07, 6.45) is 5.73. The topological polar surface area (TPSA) is 114 Å². The highest BCUT2D eigenvalue weighted by Gasteiger charge is 2.43. The second-order valence-corrected chi connectivity index (χ2v) is 10.1. The molecule has 30 heavy (non-hydrogen) atoms. The van der Waals surface area contributed by atoms with E-state index in [4.69, 9.17) is 21.7 Å². The van der Waals surface area contributed by atoms with E-state index >= 15 is 0 Å². The minimum absolute atomic E-state index is 0.0832. The number of nitrogens with zero attached hydrogens (tertiary/aromatic N) is 3. The van der Waals surface area contributed by atoms with Crippen LogP contribution in [0.25, 0.3) is 5.65 Å². The summed E-state index contributed by atoms with van der Waals surface area (Å²) in [5.41, 5.74) is 3.84. The number of primary sulfonamides is 1. The quantitative estimate of drug-likeness (QED) is 0.566. The number of hydrogen-bond donors (Lipinski definition) is 3. The van der Waals surface area contributed by atoms with Gasteiger partial charge in [0.05, 0.1) is 16.8 Å². The summed E-state index contributed by atoms with van der Waals surface area (Å²) >= 11 is 6.40. The third kappa shape index (κ3) is 3.26. The third-order valence-corrected chi connectivity index (χ3v) is 7.48. The number of aromatic nitrogens is 3. The van der Waals surface area contributed by atoms with Gasteiger partial charge in [0.1, 0.15) is 10.8 Å². The van der Waals surface area contributed by atoms with E-state index in [1.807, 2.05) is 6.07 Å². The van der Waals surface area contributed by atoms with E-state index in [0.717, 1.165) is 55.8 Å². The van der Waals surface area contributed by atoms with Gasteiger partial charge in [0.15, 0.2) is 5.65 Å². The summed E-state index contributed by atoms with van der Waals surface area (Å²) in [4.78, 5) is 5.06. The summed E-state index contributed by atoms with van der Waals surface area (Å²) in [6, 6.07) is 6.64. The molecular formula is C20H23ClN6O2S. The van der Waals surface area contributed by atoms with Gasteiger partial charge in [0, 0.05) is 17.5 Å². The molecule has 0 unspecified atom stereocenters. The fraction of sp³-hybridized carbons (Fsp3) is 0.400. The minimum atomic E-state index is -3.75. The number of benzene rings is 1. The molecule has 0 saturated carbocycles. The zero-order chi connectivity index (χ0) is 20.9. The van der Waals surface area contributed by atoms with Gasteiger partial charge in [-0.1, -0.05) is 23.7 Å². The number of sulfonamides is 1. The van der Waals surface area contributed by atoms with Crippen LogP contribution in [-0.2, 0) is 28.4 Å². The summed E-state index contributed by atoms with van der Waals surface area (Å²) in [6.45, 7) is 2.41. The van der Waals surface area contributed by atoms with Crippen LogP contribution in [0.3, 0.4) is 0 Å². The third-order valence-electron chi connectivity index (χ3n) is 6.31. The number of nitrogens with two attached hydrogens (primary N) is 1. The lowest BCUT2D eigenvalue weighted by Crippen LogP contribution is -2.39. The summed E-state index contributed by atoms with van der Waals surface area (Å²) in [5.74, 6) is 0.873. The van der Waals surface area contributed by atoms with Crippen molar-refractivity contribution < 1.29 is 8.42 Å². The Morgan fingerprint density at radius 2 is 2.07 bits per heavy atom. The second-order valence-electron chi connectivity index (χ2n) is 8.09. The van der Waals surface area contributed by atoms with Crippen LogP contribution in [0.2, 0.25) is 5.02 Å². The smallest absolute Gasteiger partial charge is 0.238 e. The Bertz CT molecular complexity index is 1230. The van der Waals surface area contributed by atoms with E-state index < -0.39 is 10.0 Å². The van der Waals surface area contributed by atoms with Gasteiger partial charge in [-0.2, -0.15) is 9.61 Å². The maximum atomic E-state index is 11.7. The highest BCUT2D eigenvalue weighted by atomic mass is 35.5. The van der Waals surface area contributed by atoms with Crippen molar-refractivity contribution in [2.75, 3.05) is 18.4 Å². The van der Waals surface area contributed by atoms with Gasteiger partial charge in [0.2, 0.25) is 10.0 Å². The molecular weight excluding hydrogens is 424 g/mol. The Morgan fingerprint density at radius 3 is 2.83 bits per heavy atom. The van der Waals surface area contributed by atoms with E-state index in [2.05, 4.69) is 15.7 Å². The molecule has 3 aromatic rings. The van der Waals surface area contributed by atoms with E-state index in [9.17, 15) is 8.42 Å². The Hall–Kier alpha value is -2.20. The molecule has 2 aliphatic rings. The van der Waals surface area contributed by atoms with Crippen molar-refractivity contribution in [2.45, 2.75) is 42.5 Å². The van der Waals surface area contributed by atoms with Gasteiger partial charge in [-0.25, -0.2) is 18.5 Å². The fourth-order valence-electron chi connectivity index (χ4n) is 4.75. The Kier molecular flexibility index (Phi) is 4.73. The predicted molar refractivity (Wildman–Crippen MR) is 115 cm³/mol. The molecule has 158 valence electrons. The molecule has 2 aromatic heterocycles. The van der Waals surface area contributed by atoms with Crippen molar-refractivity contribution in [3.8, 4) is 0 Å². The van der Waals surface area contributed by atoms with E-state index in [0.29, 0.717) is 17.2 Å². The van der Waals surface area contributed by atoms with Gasteiger partial charge >= 0.3 is 0 Å². The summed E-state index contributed by atoms with van der Waals surface area (Å²) < 4.78 is 25.1. The molecule has 3 heterocycles. The molecule has 1 aliphatic heterocycles. The highest BCUT2D eigenvalue weighted by molar-refractivity contribution is 7.89. The summed E-state index contributed by atoms with van der Waals surface area (Å²) in [7, 11) is -3.75. The number of nitrogens with one attached hydrogen (secondary N) is 2. The molecule has 0 amide bonds. The van der Waals surface area contributed by atoms with Gasteiger partial charge in [0.25, 0.3) is 0 Å². The molecule has 1 aliphatic carbocycles. The predicted octanol–water partition coefficient (Wildman–Crippen LogP) is 2.21. The average molecular weight is 447 g/mol. The van der Waals surface area contributed by atoms with Gasteiger partial charge in [-0.3, -0.25) is 0 Å². The van der Waals surface area contributed by atoms with Gasteiger partial charge < -0.3 is 10.6 Å². The van der Waals surface area contributed by atoms with Crippen molar-refractivity contribution in [3.63, 3.8) is 0 Å². The SMILES string of the molecule is NS(=O)(=O)c1cccc(CNc2c3c(nc4c(Cl)cnn24)C2(CCNCC2)CC3)c1. The van der Waals surface area contributed by atoms with Gasteiger partial charge in [-0.05, 0) is 56.5 Å². The van der Waals surface area contributed by atoms with Crippen molar-refractivity contribution in [3.05, 3.63) is 52.3 Å². The van der Waals surface area contributed by atoms with Crippen LogP contribution >= 0.6 is 11.6 Å². The molecule has 0 radical (unpaired) electrons. The standard InChI is InChI=1S/C20H23ClN6O2S/c21-16-12-25-27-18(24-11-13-2-1-3-14(10-13)30(22,28)29)15-4-5-20(6-8-23-9-7-20)17(15)26-19(16)27/h1-3,10,12,23-24H,4-9,11H2,(H2,22,28,29). The normalized spacial score (nSPS) is 18.1. The lowest BCUT2D eigenvalue weighted by Gasteiger charge is -2.34. The van der Waals surface area contributed by atoms with Crippen LogP contribution < -0.4 is 15.8 Å². The Labute approximate surface area is 179 Å². The molecule has 5 rings (SSSR count). The molecule has 1 spiro atoms. The first-order valence-corrected chi connectivity index (χ1v) is 11.9. The zero-order valence-corrected chi connectivity index (χ0v) is 17.9. The first-order valence-electron chi connectivity index (χ1n) is 10.0. The zero-order valence-electron chi connectivity index (χ0n) is 16.4. The Morgan fingerprint density at radius 1 is 1.27 bits per heavy atom. The first kappa shape index (κ1) is 19.7. The molecule has 0 atom stereocenters. The van der Waals surface area contributed by atoms with Crippen LogP contribution in [0.5, 0.6) is 0 Å². The number of rotatable bonds is 4. The molecule has 1 fully saturated rings. The number of piperidine rings is 1. The number of fused-ring (bicyclic) bond motifs is 3. The highest BCUT2D eigenvalue weighted by Crippen LogP contribution is 2.46. The lowest BCUT2D eigenvalue weighted by molar-refractivity contribution is 0.301. The molecule has 0 bridgehead atoms. The maximum Gasteiger partial charge on any atom is 0.238 e. The fourth-order valence-corrected chi connectivity index (χ4v) is 5.50.